The van der Waals surface area contributed by atoms with Gasteiger partial charge in [0, 0.05) is 6.92 Å². The van der Waals surface area contributed by atoms with Gasteiger partial charge in [0.2, 0.25) is 0 Å². The lowest BCUT2D eigenvalue weighted by atomic mass is 10.8. The smallest absolute Gasteiger partial charge is 0.302 e. The molecule has 0 aliphatic carbocycles. The zero-order valence-corrected chi connectivity index (χ0v) is 8.00. The summed E-state index contributed by atoms with van der Waals surface area (Å²) in [5.74, 6) is -0.211. The number of hydrogen-bond donors (Lipinski definition) is 0. The fourth-order valence-electron chi connectivity index (χ4n) is 0.203. The van der Waals surface area contributed by atoms with E-state index in [0.717, 1.165) is 0 Å². The Kier molecular flexibility index (Phi) is 12.1. The summed E-state index contributed by atoms with van der Waals surface area (Å²) < 4.78 is 3.65. The summed E-state index contributed by atoms with van der Waals surface area (Å²) in [7, 11) is 0. The molecule has 0 saturated carbocycles. The summed E-state index contributed by atoms with van der Waals surface area (Å²) in [6, 6.07) is 0. The van der Waals surface area contributed by atoms with Crippen molar-refractivity contribution in [2.24, 2.45) is 0 Å². The van der Waals surface area contributed by atoms with Crippen LogP contribution >= 0.6 is 34.8 Å². The molecule has 2 nitrogen and oxygen atoms in total. The molecule has 0 unspecified atom stereocenters. The molecule has 0 radical (unpaired) electrons. The highest BCUT2D eigenvalue weighted by molar-refractivity contribution is 6.63. The first-order chi connectivity index (χ1) is 4.50. The van der Waals surface area contributed by atoms with Crippen LogP contribution in [-0.2, 0) is 9.53 Å². The van der Waals surface area contributed by atoms with Gasteiger partial charge < -0.3 is 4.74 Å². The number of ether oxygens (including phenoxy) is 1. The molecule has 0 atom stereocenters. The number of halogens is 3. The van der Waals surface area contributed by atoms with Crippen LogP contribution in [0.15, 0.2) is 0 Å². The molecule has 0 aromatic rings. The van der Waals surface area contributed by atoms with Gasteiger partial charge in [0.05, 0.1) is 6.61 Å². The van der Waals surface area contributed by atoms with Crippen LogP contribution < -0.4 is 0 Å². The summed E-state index contributed by atoms with van der Waals surface area (Å²) in [5.41, 5.74) is 0. The molecule has 0 bridgehead atoms. The third-order valence-electron chi connectivity index (χ3n) is 0.348. The molecule has 0 saturated heterocycles. The Morgan fingerprint density at radius 3 is 1.80 bits per heavy atom. The number of carbonyl (C=O) groups excluding carboxylic acids is 1. The Bertz CT molecular complexity index is 82.2. The summed E-state index contributed by atoms with van der Waals surface area (Å²) in [4.78, 5) is 9.82. The van der Waals surface area contributed by atoms with E-state index in [1.165, 1.54) is 6.92 Å². The highest BCUT2D eigenvalue weighted by Gasteiger charge is 1.81. The van der Waals surface area contributed by atoms with Crippen LogP contribution in [0.5, 0.6) is 0 Å². The lowest BCUT2D eigenvalue weighted by molar-refractivity contribution is -0.140. The molecular formula is C5H9Cl3O2. The maximum Gasteiger partial charge on any atom is 0.302 e. The van der Waals surface area contributed by atoms with Crippen molar-refractivity contribution in [1.29, 1.82) is 0 Å². The van der Waals surface area contributed by atoms with Crippen LogP contribution in [0.2, 0.25) is 0 Å². The minimum Gasteiger partial charge on any atom is -0.466 e. The maximum atomic E-state index is 9.82. The van der Waals surface area contributed by atoms with Crippen molar-refractivity contribution < 1.29 is 9.53 Å². The van der Waals surface area contributed by atoms with Gasteiger partial charge >= 0.3 is 5.97 Å². The van der Waals surface area contributed by atoms with E-state index in [9.17, 15) is 4.79 Å². The Morgan fingerprint density at radius 1 is 1.50 bits per heavy atom. The first-order valence-electron chi connectivity index (χ1n) is 2.56. The van der Waals surface area contributed by atoms with Crippen molar-refractivity contribution in [3.63, 3.8) is 0 Å². The Labute approximate surface area is 75.4 Å². The van der Waals surface area contributed by atoms with Crippen molar-refractivity contribution in [3.05, 3.63) is 0 Å². The van der Waals surface area contributed by atoms with E-state index >= 15 is 0 Å². The van der Waals surface area contributed by atoms with Crippen LogP contribution in [0, 0.1) is 0 Å². The van der Waals surface area contributed by atoms with Crippen molar-refractivity contribution in [3.8, 4) is 0 Å². The predicted molar refractivity (Wildman–Crippen MR) is 43.7 cm³/mol. The van der Waals surface area contributed by atoms with E-state index in [0.29, 0.717) is 6.61 Å². The standard InChI is InChI=1S/C4H8O2.CHCl3/c1-3-6-4(2)5;2-1(3)4/h3H2,1-2H3;1H. The van der Waals surface area contributed by atoms with Crippen LogP contribution in [0.1, 0.15) is 13.8 Å². The number of hydrogen-bond acceptors (Lipinski definition) is 2. The predicted octanol–water partition coefficient (Wildman–Crippen LogP) is 2.56. The van der Waals surface area contributed by atoms with Gasteiger partial charge in [-0.15, -0.1) is 0 Å². The highest BCUT2D eigenvalue weighted by atomic mass is 35.6. The summed E-state index contributed by atoms with van der Waals surface area (Å²) >= 11 is 14.4. The van der Waals surface area contributed by atoms with Gasteiger partial charge in [0.25, 0.3) is 0 Å². The zero-order chi connectivity index (χ0) is 8.57. The number of carbonyl (C=O) groups is 1. The van der Waals surface area contributed by atoms with Gasteiger partial charge in [0.15, 0.2) is 4.30 Å². The summed E-state index contributed by atoms with van der Waals surface area (Å²) in [6.07, 6.45) is 0. The molecule has 5 heteroatoms. The van der Waals surface area contributed by atoms with Gasteiger partial charge in [-0.05, 0) is 6.92 Å². The Morgan fingerprint density at radius 2 is 1.80 bits per heavy atom. The monoisotopic (exact) mass is 206 g/mol. The van der Waals surface area contributed by atoms with Crippen molar-refractivity contribution in [1.82, 2.24) is 0 Å². The minimum absolute atomic E-state index is 0.211. The molecule has 62 valence electrons. The summed E-state index contributed by atoms with van der Waals surface area (Å²) in [6.45, 7) is 3.65. The van der Waals surface area contributed by atoms with Gasteiger partial charge in [-0.2, -0.15) is 0 Å². The lowest BCUT2D eigenvalue weighted by Crippen LogP contribution is -1.95. The molecule has 0 aliphatic heterocycles. The number of alkyl halides is 3. The molecule has 0 aromatic carbocycles. The fraction of sp³-hybridized carbons (Fsp3) is 0.800. The average Bonchev–Trinajstić information content (AvgIpc) is 1.62. The lowest BCUT2D eigenvalue weighted by Gasteiger charge is -1.89. The van der Waals surface area contributed by atoms with Gasteiger partial charge in [-0.25, -0.2) is 0 Å². The largest absolute Gasteiger partial charge is 0.466 e. The van der Waals surface area contributed by atoms with E-state index < -0.39 is 4.30 Å². The maximum absolute atomic E-state index is 9.82. The summed E-state index contributed by atoms with van der Waals surface area (Å²) in [5, 5.41) is 0. The molecular weight excluding hydrogens is 198 g/mol. The zero-order valence-electron chi connectivity index (χ0n) is 5.73. The quantitative estimate of drug-likeness (QED) is 0.488. The van der Waals surface area contributed by atoms with Crippen LogP contribution in [0.3, 0.4) is 0 Å². The van der Waals surface area contributed by atoms with Crippen LogP contribution in [0.25, 0.3) is 0 Å². The molecule has 0 aromatic heterocycles. The Balaban J connectivity index is 0. The second-order valence-electron chi connectivity index (χ2n) is 1.17. The van der Waals surface area contributed by atoms with E-state index in [4.69, 9.17) is 34.8 Å². The van der Waals surface area contributed by atoms with E-state index in [1.54, 1.807) is 6.92 Å². The molecule has 10 heavy (non-hydrogen) atoms. The van der Waals surface area contributed by atoms with E-state index in [1.807, 2.05) is 0 Å². The van der Waals surface area contributed by atoms with Gasteiger partial charge in [-0.3, -0.25) is 4.79 Å². The highest BCUT2D eigenvalue weighted by Crippen LogP contribution is 2.03. The average molecular weight is 207 g/mol. The molecule has 0 heterocycles. The first kappa shape index (κ1) is 13.0. The Hall–Kier alpha value is 0.340. The molecule has 0 N–H and O–H groups in total. The van der Waals surface area contributed by atoms with E-state index in [2.05, 4.69) is 4.74 Å². The molecule has 0 spiro atoms. The second-order valence-corrected chi connectivity index (χ2v) is 3.15. The molecule has 0 fully saturated rings. The van der Waals surface area contributed by atoms with E-state index in [-0.39, 0.29) is 5.97 Å². The minimum atomic E-state index is -0.750. The first-order valence-corrected chi connectivity index (χ1v) is 3.87. The third kappa shape index (κ3) is 40.3. The molecule has 0 rings (SSSR count). The number of esters is 1. The van der Waals surface area contributed by atoms with Gasteiger partial charge in [0.1, 0.15) is 0 Å². The fourth-order valence-corrected chi connectivity index (χ4v) is 0.203. The number of rotatable bonds is 1. The molecule has 0 aliphatic rings. The van der Waals surface area contributed by atoms with Gasteiger partial charge in [-0.1, -0.05) is 34.8 Å². The SMILES string of the molecule is CCOC(C)=O.ClC(Cl)Cl. The molecule has 0 amide bonds. The van der Waals surface area contributed by atoms with Crippen LogP contribution in [0.4, 0.5) is 0 Å². The van der Waals surface area contributed by atoms with Crippen LogP contribution in [-0.4, -0.2) is 16.9 Å². The van der Waals surface area contributed by atoms with Crippen molar-refractivity contribution in [2.45, 2.75) is 18.1 Å². The van der Waals surface area contributed by atoms with Crippen molar-refractivity contribution in [2.75, 3.05) is 6.61 Å². The topological polar surface area (TPSA) is 26.3 Å². The van der Waals surface area contributed by atoms with Crippen molar-refractivity contribution >= 4 is 40.8 Å². The normalized spacial score (nSPS) is 8.20. The second kappa shape index (κ2) is 9.34. The third-order valence-corrected chi connectivity index (χ3v) is 0.348.